The first-order valence-electron chi connectivity index (χ1n) is 9.61. The van der Waals surface area contributed by atoms with Gasteiger partial charge < -0.3 is 0 Å². The highest BCUT2D eigenvalue weighted by atomic mass is 32.2. The van der Waals surface area contributed by atoms with E-state index in [0.29, 0.717) is 17.1 Å². The van der Waals surface area contributed by atoms with Crippen molar-refractivity contribution >= 4 is 44.0 Å². The number of aromatic nitrogens is 1. The summed E-state index contributed by atoms with van der Waals surface area (Å²) in [6, 6.07) is 13.5. The smallest absolute Gasteiger partial charge is 0.258 e. The second-order valence-corrected chi connectivity index (χ2v) is 11.9. The van der Waals surface area contributed by atoms with Crippen molar-refractivity contribution in [3.05, 3.63) is 64.5 Å². The Morgan fingerprint density at radius 2 is 1.97 bits per heavy atom. The summed E-state index contributed by atoms with van der Waals surface area (Å²) in [5, 5.41) is 5.35. The van der Waals surface area contributed by atoms with Gasteiger partial charge in [0.1, 0.15) is 0 Å². The Kier molecular flexibility index (Phi) is 5.99. The van der Waals surface area contributed by atoms with Crippen molar-refractivity contribution in [2.75, 3.05) is 16.8 Å². The maximum absolute atomic E-state index is 12.9. The predicted octanol–water partition coefficient (Wildman–Crippen LogP) is 4.96. The lowest BCUT2D eigenvalue weighted by Gasteiger charge is -2.12. The van der Waals surface area contributed by atoms with Crippen LogP contribution in [0.4, 0.5) is 5.13 Å². The molecule has 1 aromatic heterocycles. The summed E-state index contributed by atoms with van der Waals surface area (Å²) in [5.41, 5.74) is 4.82. The number of hydrogen-bond acceptors (Lipinski definition) is 6. The van der Waals surface area contributed by atoms with Gasteiger partial charge in [0, 0.05) is 21.1 Å². The molecule has 4 rings (SSSR count). The topological polar surface area (TPSA) is 76.1 Å². The molecule has 0 radical (unpaired) electrons. The number of thiazole rings is 1. The van der Waals surface area contributed by atoms with Crippen LogP contribution in [-0.4, -0.2) is 36.1 Å². The average molecular weight is 459 g/mol. The predicted molar refractivity (Wildman–Crippen MR) is 124 cm³/mol. The minimum atomic E-state index is -2.96. The molecule has 2 aromatic carbocycles. The van der Waals surface area contributed by atoms with Crippen molar-refractivity contribution in [1.82, 2.24) is 4.98 Å². The summed E-state index contributed by atoms with van der Waals surface area (Å²) in [6.45, 7) is 4.14. The first-order chi connectivity index (χ1) is 14.3. The number of amides is 1. The fourth-order valence-electron chi connectivity index (χ4n) is 3.32. The van der Waals surface area contributed by atoms with Crippen LogP contribution in [0, 0.1) is 13.8 Å². The summed E-state index contributed by atoms with van der Waals surface area (Å²) in [4.78, 5) is 18.3. The number of nitrogens with one attached hydrogen (secondary N) is 1. The van der Waals surface area contributed by atoms with Gasteiger partial charge in [-0.05, 0) is 49.6 Å². The van der Waals surface area contributed by atoms with Crippen LogP contribution in [0.25, 0.3) is 11.3 Å². The zero-order valence-corrected chi connectivity index (χ0v) is 19.2. The SMILES string of the molecule is Cc1ccc(-c2csc(NC(=O)c3ccccc3SC3CCS(=O)(=O)C3)n2)cc1C. The third-order valence-corrected chi connectivity index (χ3v) is 9.23. The van der Waals surface area contributed by atoms with Gasteiger partial charge in [0.05, 0.1) is 22.8 Å². The number of thioether (sulfide) groups is 1. The lowest BCUT2D eigenvalue weighted by Crippen LogP contribution is -2.14. The Hall–Kier alpha value is -2.16. The van der Waals surface area contributed by atoms with Gasteiger partial charge >= 0.3 is 0 Å². The molecule has 30 heavy (non-hydrogen) atoms. The first kappa shape index (κ1) is 21.1. The Balaban J connectivity index is 1.50. The molecule has 1 fully saturated rings. The van der Waals surface area contributed by atoms with E-state index in [0.717, 1.165) is 16.2 Å². The molecule has 0 aliphatic carbocycles. The lowest BCUT2D eigenvalue weighted by atomic mass is 10.1. The molecule has 156 valence electrons. The largest absolute Gasteiger partial charge is 0.298 e. The summed E-state index contributed by atoms with van der Waals surface area (Å²) in [7, 11) is -2.96. The van der Waals surface area contributed by atoms with Crippen molar-refractivity contribution in [3.8, 4) is 11.3 Å². The Bertz CT molecular complexity index is 1200. The standard InChI is InChI=1S/C22H22N2O3S3/c1-14-7-8-16(11-15(14)2)19-12-28-22(23-19)24-21(25)18-5-3-4-6-20(18)29-17-9-10-30(26,27)13-17/h3-8,11-12,17H,9-10,13H2,1-2H3,(H,23,24,25). The van der Waals surface area contributed by atoms with Gasteiger partial charge in [-0.1, -0.05) is 24.3 Å². The quantitative estimate of drug-likeness (QED) is 0.585. The van der Waals surface area contributed by atoms with Gasteiger partial charge in [-0.15, -0.1) is 23.1 Å². The monoisotopic (exact) mass is 458 g/mol. The highest BCUT2D eigenvalue weighted by Crippen LogP contribution is 2.34. The van der Waals surface area contributed by atoms with E-state index in [1.807, 2.05) is 29.6 Å². The molecule has 0 saturated carbocycles. The van der Waals surface area contributed by atoms with Crippen LogP contribution in [0.3, 0.4) is 0 Å². The normalized spacial score (nSPS) is 17.7. The molecular formula is C22H22N2O3S3. The van der Waals surface area contributed by atoms with Crippen LogP contribution in [0.5, 0.6) is 0 Å². The average Bonchev–Trinajstić information content (AvgIpc) is 3.30. The number of sulfone groups is 1. The van der Waals surface area contributed by atoms with Crippen LogP contribution in [-0.2, 0) is 9.84 Å². The number of benzene rings is 2. The van der Waals surface area contributed by atoms with Crippen molar-refractivity contribution in [3.63, 3.8) is 0 Å². The van der Waals surface area contributed by atoms with Gasteiger partial charge in [0.15, 0.2) is 15.0 Å². The Morgan fingerprint density at radius 3 is 2.70 bits per heavy atom. The molecule has 1 aliphatic rings. The molecule has 8 heteroatoms. The number of rotatable bonds is 5. The third kappa shape index (κ3) is 4.77. The van der Waals surface area contributed by atoms with E-state index in [2.05, 4.69) is 36.3 Å². The van der Waals surface area contributed by atoms with Crippen molar-refractivity contribution in [2.24, 2.45) is 0 Å². The van der Waals surface area contributed by atoms with E-state index in [-0.39, 0.29) is 22.7 Å². The van der Waals surface area contributed by atoms with E-state index < -0.39 is 9.84 Å². The third-order valence-electron chi connectivity index (χ3n) is 5.14. The number of nitrogens with zero attached hydrogens (tertiary/aromatic N) is 1. The van der Waals surface area contributed by atoms with Gasteiger partial charge in [-0.2, -0.15) is 0 Å². The summed E-state index contributed by atoms with van der Waals surface area (Å²) in [5.74, 6) is 0.152. The summed E-state index contributed by atoms with van der Waals surface area (Å²) >= 11 is 2.85. The van der Waals surface area contributed by atoms with Crippen LogP contribution < -0.4 is 5.32 Å². The molecule has 1 atom stereocenters. The molecule has 5 nitrogen and oxygen atoms in total. The highest BCUT2D eigenvalue weighted by molar-refractivity contribution is 8.02. The number of carbonyl (C=O) groups is 1. The number of carbonyl (C=O) groups excluding carboxylic acids is 1. The van der Waals surface area contributed by atoms with E-state index in [1.54, 1.807) is 6.07 Å². The molecule has 1 amide bonds. The Labute approximate surface area is 184 Å². The zero-order valence-electron chi connectivity index (χ0n) is 16.7. The van der Waals surface area contributed by atoms with E-state index in [9.17, 15) is 13.2 Å². The van der Waals surface area contributed by atoms with Crippen LogP contribution in [0.2, 0.25) is 0 Å². The number of aryl methyl sites for hydroxylation is 2. The van der Waals surface area contributed by atoms with Crippen molar-refractivity contribution in [2.45, 2.75) is 30.4 Å². The van der Waals surface area contributed by atoms with Crippen molar-refractivity contribution < 1.29 is 13.2 Å². The van der Waals surface area contributed by atoms with E-state index in [4.69, 9.17) is 0 Å². The van der Waals surface area contributed by atoms with Gasteiger partial charge in [0.25, 0.3) is 5.91 Å². The fraction of sp³-hybridized carbons (Fsp3) is 0.273. The second-order valence-electron chi connectivity index (χ2n) is 7.43. The lowest BCUT2D eigenvalue weighted by molar-refractivity contribution is 0.102. The number of hydrogen-bond donors (Lipinski definition) is 1. The van der Waals surface area contributed by atoms with Crippen LogP contribution >= 0.6 is 23.1 Å². The van der Waals surface area contributed by atoms with E-state index >= 15 is 0 Å². The molecule has 1 aliphatic heterocycles. The number of anilines is 1. The van der Waals surface area contributed by atoms with E-state index in [1.165, 1.54) is 34.2 Å². The molecule has 1 N–H and O–H groups in total. The second kappa shape index (κ2) is 8.53. The minimum absolute atomic E-state index is 0.0137. The summed E-state index contributed by atoms with van der Waals surface area (Å²) < 4.78 is 23.5. The van der Waals surface area contributed by atoms with Gasteiger partial charge in [-0.3, -0.25) is 10.1 Å². The molecule has 1 saturated heterocycles. The first-order valence-corrected chi connectivity index (χ1v) is 13.2. The van der Waals surface area contributed by atoms with Crippen molar-refractivity contribution in [1.29, 1.82) is 0 Å². The minimum Gasteiger partial charge on any atom is -0.298 e. The van der Waals surface area contributed by atoms with Gasteiger partial charge in [-0.25, -0.2) is 13.4 Å². The van der Waals surface area contributed by atoms with Gasteiger partial charge in [0.2, 0.25) is 0 Å². The molecule has 3 aromatic rings. The fourth-order valence-corrected chi connectivity index (χ4v) is 7.66. The molecular weight excluding hydrogens is 436 g/mol. The Morgan fingerprint density at radius 1 is 1.17 bits per heavy atom. The van der Waals surface area contributed by atoms with Crippen LogP contribution in [0.15, 0.2) is 52.7 Å². The molecule has 0 spiro atoms. The summed E-state index contributed by atoms with van der Waals surface area (Å²) in [6.07, 6.45) is 0.620. The van der Waals surface area contributed by atoms with Crippen LogP contribution in [0.1, 0.15) is 27.9 Å². The molecule has 1 unspecified atom stereocenters. The zero-order chi connectivity index (χ0) is 21.3. The molecule has 0 bridgehead atoms. The molecule has 2 heterocycles. The maximum atomic E-state index is 12.9. The maximum Gasteiger partial charge on any atom is 0.258 e. The highest BCUT2D eigenvalue weighted by Gasteiger charge is 2.29.